The normalized spacial score (nSPS) is 13.7. The monoisotopic (exact) mass is 339 g/mol. The van der Waals surface area contributed by atoms with Crippen LogP contribution in [0.3, 0.4) is 0 Å². The molecule has 0 aromatic rings. The van der Waals surface area contributed by atoms with Crippen LogP contribution in [-0.4, -0.2) is 52.0 Å². The number of carboxylic acid groups (broad SMARTS) is 3. The first-order chi connectivity index (χ1) is 10.3. The van der Waals surface area contributed by atoms with E-state index in [0.29, 0.717) is 0 Å². The minimum atomic E-state index is -2.57. The fourth-order valence-electron chi connectivity index (χ4n) is 1.31. The molecule has 22 heavy (non-hydrogen) atoms. The molecule has 1 unspecified atom stereocenters. The first-order valence-electron chi connectivity index (χ1n) is 6.01. The summed E-state index contributed by atoms with van der Waals surface area (Å²) in [5, 5.41) is 30.2. The van der Waals surface area contributed by atoms with Crippen LogP contribution in [0.25, 0.3) is 0 Å². The van der Waals surface area contributed by atoms with E-state index in [9.17, 15) is 23.7 Å². The van der Waals surface area contributed by atoms with Crippen molar-refractivity contribution in [2.24, 2.45) is 0 Å². The molecule has 0 amide bonds. The van der Waals surface area contributed by atoms with E-state index in [1.165, 1.54) is 0 Å². The van der Waals surface area contributed by atoms with Crippen LogP contribution >= 0.6 is 8.10 Å². The van der Waals surface area contributed by atoms with E-state index in [-0.39, 0.29) is 25.7 Å². The summed E-state index contributed by atoms with van der Waals surface area (Å²) in [6.45, 7) is 0.0296. The first-order valence-corrected chi connectivity index (χ1v) is 7.27. The second-order valence-electron chi connectivity index (χ2n) is 4.03. The molecule has 0 radical (unpaired) electrons. The van der Waals surface area contributed by atoms with Crippen LogP contribution in [0.1, 0.15) is 25.7 Å². The van der Waals surface area contributed by atoms with Crippen molar-refractivity contribution in [3.05, 3.63) is 0 Å². The predicted molar refractivity (Wildman–Crippen MR) is 70.0 cm³/mol. The van der Waals surface area contributed by atoms with Gasteiger partial charge in [-0.2, -0.15) is 0 Å². The Balaban J connectivity index is 4.49. The quantitative estimate of drug-likeness (QED) is 0.166. The van der Waals surface area contributed by atoms with Crippen LogP contribution in [0.2, 0.25) is 0 Å². The molecule has 0 aromatic heterocycles. The molecule has 0 saturated carbocycles. The Hall–Kier alpha value is -2.10. The van der Waals surface area contributed by atoms with Crippen molar-refractivity contribution in [3.63, 3.8) is 0 Å². The zero-order chi connectivity index (χ0) is 17.1. The number of rotatable bonds is 13. The standard InChI is InChI=1S/C10H15N2O9P/c13-5-21-7(2-4-9(16)17)12-22(20)11-6(10(18)19)1-3-8(14)15/h5-7H,1-4H2,(H4-,11,12,14,15,16,17,18,19,20)/p+1/t6-,7+/m0/s1. The minimum Gasteiger partial charge on any atom is -0.481 e. The van der Waals surface area contributed by atoms with Crippen molar-refractivity contribution in [2.75, 3.05) is 0 Å². The molecule has 3 atom stereocenters. The maximum absolute atomic E-state index is 11.7. The predicted octanol–water partition coefficient (Wildman–Crippen LogP) is -0.495. The first kappa shape index (κ1) is 19.9. The average molecular weight is 339 g/mol. The molecular formula is C10H16N2O9P+. The van der Waals surface area contributed by atoms with Gasteiger partial charge in [0.15, 0.2) is 12.3 Å². The number of aliphatic carboxylic acids is 3. The van der Waals surface area contributed by atoms with Gasteiger partial charge < -0.3 is 20.1 Å². The van der Waals surface area contributed by atoms with Gasteiger partial charge in [0.1, 0.15) is 0 Å². The summed E-state index contributed by atoms with van der Waals surface area (Å²) in [5.41, 5.74) is 0. The van der Waals surface area contributed by atoms with Crippen molar-refractivity contribution in [2.45, 2.75) is 38.0 Å². The van der Waals surface area contributed by atoms with Crippen molar-refractivity contribution in [1.82, 2.24) is 10.2 Å². The number of carboxylic acids is 3. The Morgan fingerprint density at radius 2 is 1.59 bits per heavy atom. The van der Waals surface area contributed by atoms with Gasteiger partial charge in [-0.1, -0.05) is 10.2 Å². The highest BCUT2D eigenvalue weighted by Gasteiger charge is 2.31. The molecule has 0 fully saturated rings. The fourth-order valence-corrected chi connectivity index (χ4v) is 2.35. The molecule has 11 nitrogen and oxygen atoms in total. The third-order valence-electron chi connectivity index (χ3n) is 2.32. The molecule has 0 rings (SSSR count). The van der Waals surface area contributed by atoms with Gasteiger partial charge in [-0.3, -0.25) is 19.2 Å². The Bertz CT molecular complexity index is 442. The lowest BCUT2D eigenvalue weighted by molar-refractivity contribution is -0.141. The average Bonchev–Trinajstić information content (AvgIpc) is 2.40. The highest BCUT2D eigenvalue weighted by atomic mass is 31.1. The third kappa shape index (κ3) is 9.75. The maximum Gasteiger partial charge on any atom is 0.536 e. The Labute approximate surface area is 125 Å². The fraction of sp³-hybridized carbons (Fsp3) is 0.600. The summed E-state index contributed by atoms with van der Waals surface area (Å²) in [6.07, 6.45) is -2.47. The van der Waals surface area contributed by atoms with Crippen LogP contribution in [0.4, 0.5) is 0 Å². The summed E-state index contributed by atoms with van der Waals surface area (Å²) >= 11 is 0. The molecular weight excluding hydrogens is 323 g/mol. The maximum atomic E-state index is 11.7. The molecule has 0 heterocycles. The lowest BCUT2D eigenvalue weighted by Gasteiger charge is -2.10. The Kier molecular flexibility index (Phi) is 9.59. The van der Waals surface area contributed by atoms with Crippen LogP contribution in [0, 0.1) is 0 Å². The summed E-state index contributed by atoms with van der Waals surface area (Å²) in [4.78, 5) is 42.0. The largest absolute Gasteiger partial charge is 0.536 e. The van der Waals surface area contributed by atoms with E-state index < -0.39 is 44.7 Å². The van der Waals surface area contributed by atoms with Gasteiger partial charge in [0.05, 0.1) is 6.42 Å². The molecule has 0 aromatic carbocycles. The third-order valence-corrected chi connectivity index (χ3v) is 3.39. The van der Waals surface area contributed by atoms with Crippen molar-refractivity contribution in [1.29, 1.82) is 0 Å². The van der Waals surface area contributed by atoms with E-state index in [4.69, 9.17) is 15.3 Å². The molecule has 5 N–H and O–H groups in total. The topological polar surface area (TPSA) is 179 Å². The molecule has 0 aliphatic carbocycles. The van der Waals surface area contributed by atoms with Gasteiger partial charge in [-0.05, 0) is 11.0 Å². The molecule has 0 aliphatic rings. The second-order valence-corrected chi connectivity index (χ2v) is 5.13. The van der Waals surface area contributed by atoms with Crippen LogP contribution in [-0.2, 0) is 28.5 Å². The number of carbonyl (C=O) groups is 4. The summed E-state index contributed by atoms with van der Waals surface area (Å²) in [6, 6.07) is -1.39. The Morgan fingerprint density at radius 3 is 2.05 bits per heavy atom. The van der Waals surface area contributed by atoms with Crippen LogP contribution < -0.4 is 10.2 Å². The van der Waals surface area contributed by atoms with Gasteiger partial charge in [-0.15, -0.1) is 0 Å². The number of hydrogen-bond acceptors (Lipinski definition) is 6. The second kappa shape index (κ2) is 10.6. The molecule has 12 heteroatoms. The summed E-state index contributed by atoms with van der Waals surface area (Å²) < 4.78 is 16.2. The van der Waals surface area contributed by atoms with Gasteiger partial charge >= 0.3 is 26.0 Å². The van der Waals surface area contributed by atoms with Crippen molar-refractivity contribution in [3.8, 4) is 0 Å². The molecule has 0 saturated heterocycles. The minimum absolute atomic E-state index is 0.0296. The van der Waals surface area contributed by atoms with E-state index >= 15 is 0 Å². The zero-order valence-corrected chi connectivity index (χ0v) is 12.2. The number of carbonyl (C=O) groups excluding carboxylic acids is 1. The van der Waals surface area contributed by atoms with Crippen molar-refractivity contribution < 1.29 is 43.8 Å². The summed E-state index contributed by atoms with van der Waals surface area (Å²) in [5.74, 6) is -3.76. The Morgan fingerprint density at radius 1 is 1.05 bits per heavy atom. The zero-order valence-electron chi connectivity index (χ0n) is 11.3. The van der Waals surface area contributed by atoms with Crippen LogP contribution in [0.5, 0.6) is 0 Å². The molecule has 124 valence electrons. The van der Waals surface area contributed by atoms with Gasteiger partial charge in [0.2, 0.25) is 0 Å². The van der Waals surface area contributed by atoms with E-state index in [1.807, 2.05) is 0 Å². The number of ether oxygens (including phenoxy) is 1. The van der Waals surface area contributed by atoms with E-state index in [2.05, 4.69) is 14.9 Å². The van der Waals surface area contributed by atoms with E-state index in [1.54, 1.807) is 0 Å². The molecule has 0 spiro atoms. The number of nitrogens with one attached hydrogen (secondary N) is 2. The van der Waals surface area contributed by atoms with Gasteiger partial charge in [0, 0.05) is 12.8 Å². The smallest absolute Gasteiger partial charge is 0.481 e. The van der Waals surface area contributed by atoms with E-state index in [0.717, 1.165) is 0 Å². The van der Waals surface area contributed by atoms with Crippen LogP contribution in [0.15, 0.2) is 0 Å². The lowest BCUT2D eigenvalue weighted by atomic mass is 10.2. The highest BCUT2D eigenvalue weighted by Crippen LogP contribution is 2.16. The number of hydrogen-bond donors (Lipinski definition) is 5. The summed E-state index contributed by atoms with van der Waals surface area (Å²) in [7, 11) is -2.57. The highest BCUT2D eigenvalue weighted by molar-refractivity contribution is 7.40. The van der Waals surface area contributed by atoms with Gasteiger partial charge in [0.25, 0.3) is 6.47 Å². The SMILES string of the molecule is O=CO[C@H](CCC(=O)O)N[P+](=O)N[C@@H](CCC(=O)O)C(=O)O. The van der Waals surface area contributed by atoms with Gasteiger partial charge in [-0.25, -0.2) is 0 Å². The van der Waals surface area contributed by atoms with Crippen molar-refractivity contribution >= 4 is 32.5 Å². The lowest BCUT2D eigenvalue weighted by Crippen LogP contribution is -2.37. The molecule has 0 bridgehead atoms. The molecule has 0 aliphatic heterocycles.